The summed E-state index contributed by atoms with van der Waals surface area (Å²) in [5.41, 5.74) is 0. The van der Waals surface area contributed by atoms with Gasteiger partial charge in [0, 0.05) is 18.4 Å². The molecule has 3 nitrogen and oxygen atoms in total. The minimum Gasteiger partial charge on any atom is -0.351 e. The van der Waals surface area contributed by atoms with Gasteiger partial charge < -0.3 is 5.32 Å². The van der Waals surface area contributed by atoms with Gasteiger partial charge >= 0.3 is 0 Å². The van der Waals surface area contributed by atoms with Crippen LogP contribution in [0, 0.1) is 17.8 Å². The van der Waals surface area contributed by atoms with E-state index in [1.54, 1.807) is 12.4 Å². The zero-order valence-corrected chi connectivity index (χ0v) is 9.76. The van der Waals surface area contributed by atoms with Crippen molar-refractivity contribution in [3.8, 4) is 0 Å². The molecule has 4 atom stereocenters. The molecule has 0 spiro atoms. The van der Waals surface area contributed by atoms with Crippen molar-refractivity contribution in [3.05, 3.63) is 18.5 Å². The number of anilines is 1. The number of nitrogens with zero attached hydrogens (tertiary/aromatic N) is 2. The minimum absolute atomic E-state index is 0.512. The van der Waals surface area contributed by atoms with Crippen LogP contribution in [0.4, 0.5) is 5.95 Å². The van der Waals surface area contributed by atoms with E-state index in [0.29, 0.717) is 6.04 Å². The van der Waals surface area contributed by atoms with Crippen molar-refractivity contribution < 1.29 is 0 Å². The molecule has 1 aromatic rings. The highest BCUT2D eigenvalue weighted by Crippen LogP contribution is 2.49. The first kappa shape index (κ1) is 10.1. The third kappa shape index (κ3) is 1.79. The molecule has 0 aliphatic heterocycles. The number of nitrogens with one attached hydrogen (secondary N) is 1. The first-order valence-corrected chi connectivity index (χ1v) is 6.36. The molecule has 2 aliphatic rings. The van der Waals surface area contributed by atoms with Crippen molar-refractivity contribution >= 4 is 5.95 Å². The normalized spacial score (nSPS) is 33.9. The number of rotatable bonds is 3. The Balaban J connectivity index is 1.64. The van der Waals surface area contributed by atoms with E-state index in [4.69, 9.17) is 0 Å². The lowest BCUT2D eigenvalue weighted by atomic mass is 9.84. The zero-order valence-electron chi connectivity index (χ0n) is 9.76. The van der Waals surface area contributed by atoms with Crippen LogP contribution in [0.15, 0.2) is 18.5 Å². The lowest BCUT2D eigenvalue weighted by Gasteiger charge is -2.28. The predicted octanol–water partition coefficient (Wildman–Crippen LogP) is 2.71. The van der Waals surface area contributed by atoms with Gasteiger partial charge in [-0.15, -0.1) is 0 Å². The summed E-state index contributed by atoms with van der Waals surface area (Å²) >= 11 is 0. The first-order valence-electron chi connectivity index (χ1n) is 6.36. The number of hydrogen-bond acceptors (Lipinski definition) is 3. The number of hydrogen-bond donors (Lipinski definition) is 1. The Morgan fingerprint density at radius 2 is 2.06 bits per heavy atom. The summed E-state index contributed by atoms with van der Waals surface area (Å²) in [5.74, 6) is 3.58. The second-order valence-electron chi connectivity index (χ2n) is 5.34. The van der Waals surface area contributed by atoms with Gasteiger partial charge in [-0.05, 0) is 50.0 Å². The largest absolute Gasteiger partial charge is 0.351 e. The highest BCUT2D eigenvalue weighted by molar-refractivity contribution is 5.24. The molecule has 2 aliphatic carbocycles. The molecule has 86 valence electrons. The van der Waals surface area contributed by atoms with Gasteiger partial charge in [0.25, 0.3) is 0 Å². The van der Waals surface area contributed by atoms with Crippen LogP contribution >= 0.6 is 0 Å². The average Bonchev–Trinajstić information content (AvgIpc) is 2.92. The maximum atomic E-state index is 4.23. The van der Waals surface area contributed by atoms with Gasteiger partial charge in [0.15, 0.2) is 0 Å². The SMILES string of the molecule is CC(Nc1ncccn1)C1CC2CCC1C2. The van der Waals surface area contributed by atoms with Crippen LogP contribution in [0.25, 0.3) is 0 Å². The van der Waals surface area contributed by atoms with Crippen LogP contribution in [0.3, 0.4) is 0 Å². The van der Waals surface area contributed by atoms with E-state index in [2.05, 4.69) is 22.2 Å². The summed E-state index contributed by atoms with van der Waals surface area (Å²) in [7, 11) is 0. The van der Waals surface area contributed by atoms with Crippen molar-refractivity contribution in [2.45, 2.75) is 38.6 Å². The van der Waals surface area contributed by atoms with Crippen molar-refractivity contribution in [3.63, 3.8) is 0 Å². The lowest BCUT2D eigenvalue weighted by molar-refractivity contribution is 0.303. The van der Waals surface area contributed by atoms with Crippen molar-refractivity contribution in [2.75, 3.05) is 5.32 Å². The van der Waals surface area contributed by atoms with Crippen LogP contribution < -0.4 is 5.32 Å². The maximum Gasteiger partial charge on any atom is 0.222 e. The number of fused-ring (bicyclic) bond motifs is 2. The van der Waals surface area contributed by atoms with E-state index in [-0.39, 0.29) is 0 Å². The average molecular weight is 217 g/mol. The van der Waals surface area contributed by atoms with E-state index in [0.717, 1.165) is 23.7 Å². The lowest BCUT2D eigenvalue weighted by Crippen LogP contribution is -2.30. The van der Waals surface area contributed by atoms with E-state index in [9.17, 15) is 0 Å². The fourth-order valence-corrected chi connectivity index (χ4v) is 3.59. The van der Waals surface area contributed by atoms with Gasteiger partial charge in [0.05, 0.1) is 0 Å². The van der Waals surface area contributed by atoms with E-state index in [1.165, 1.54) is 25.7 Å². The third-order valence-electron chi connectivity index (χ3n) is 4.36. The van der Waals surface area contributed by atoms with Crippen LogP contribution in [-0.2, 0) is 0 Å². The Bertz CT molecular complexity index is 351. The molecule has 1 N–H and O–H groups in total. The van der Waals surface area contributed by atoms with E-state index < -0.39 is 0 Å². The molecule has 1 heterocycles. The molecule has 3 rings (SSSR count). The van der Waals surface area contributed by atoms with Crippen molar-refractivity contribution in [1.82, 2.24) is 9.97 Å². The van der Waals surface area contributed by atoms with Gasteiger partial charge in [-0.3, -0.25) is 0 Å². The smallest absolute Gasteiger partial charge is 0.222 e. The summed E-state index contributed by atoms with van der Waals surface area (Å²) in [4.78, 5) is 8.46. The van der Waals surface area contributed by atoms with Gasteiger partial charge in [0.2, 0.25) is 5.95 Å². The Hall–Kier alpha value is -1.12. The van der Waals surface area contributed by atoms with Crippen LogP contribution in [0.2, 0.25) is 0 Å². The molecule has 0 amide bonds. The van der Waals surface area contributed by atoms with Crippen LogP contribution in [-0.4, -0.2) is 16.0 Å². The summed E-state index contributed by atoms with van der Waals surface area (Å²) in [6, 6.07) is 2.37. The molecule has 2 bridgehead atoms. The first-order chi connectivity index (χ1) is 7.83. The Morgan fingerprint density at radius 3 is 2.69 bits per heavy atom. The Labute approximate surface area is 96.7 Å². The van der Waals surface area contributed by atoms with Crippen LogP contribution in [0.1, 0.15) is 32.6 Å². The molecule has 0 saturated heterocycles. The van der Waals surface area contributed by atoms with Gasteiger partial charge in [-0.1, -0.05) is 6.42 Å². The van der Waals surface area contributed by atoms with Crippen LogP contribution in [0.5, 0.6) is 0 Å². The summed E-state index contributed by atoms with van der Waals surface area (Å²) in [6.07, 6.45) is 9.37. The highest BCUT2D eigenvalue weighted by Gasteiger charge is 2.41. The highest BCUT2D eigenvalue weighted by atomic mass is 15.1. The quantitative estimate of drug-likeness (QED) is 0.846. The molecule has 16 heavy (non-hydrogen) atoms. The second kappa shape index (κ2) is 4.04. The fourth-order valence-electron chi connectivity index (χ4n) is 3.59. The third-order valence-corrected chi connectivity index (χ3v) is 4.36. The minimum atomic E-state index is 0.512. The summed E-state index contributed by atoms with van der Waals surface area (Å²) in [5, 5.41) is 3.45. The fraction of sp³-hybridized carbons (Fsp3) is 0.692. The monoisotopic (exact) mass is 217 g/mol. The summed E-state index contributed by atoms with van der Waals surface area (Å²) < 4.78 is 0. The predicted molar refractivity (Wildman–Crippen MR) is 64.1 cm³/mol. The van der Waals surface area contributed by atoms with Crippen molar-refractivity contribution in [1.29, 1.82) is 0 Å². The van der Waals surface area contributed by atoms with Crippen molar-refractivity contribution in [2.24, 2.45) is 17.8 Å². The Morgan fingerprint density at radius 1 is 1.25 bits per heavy atom. The standard InChI is InChI=1S/C13H19N3/c1-9(16-13-14-5-2-6-15-13)12-8-10-3-4-11(12)7-10/h2,5-6,9-12H,3-4,7-8H2,1H3,(H,14,15,16). The van der Waals surface area contributed by atoms with Gasteiger partial charge in [0.1, 0.15) is 0 Å². The molecular formula is C13H19N3. The summed E-state index contributed by atoms with van der Waals surface area (Å²) in [6.45, 7) is 2.28. The number of aromatic nitrogens is 2. The van der Waals surface area contributed by atoms with E-state index >= 15 is 0 Å². The second-order valence-corrected chi connectivity index (χ2v) is 5.34. The maximum absolute atomic E-state index is 4.23. The molecule has 0 radical (unpaired) electrons. The van der Waals surface area contributed by atoms with E-state index in [1.807, 2.05) is 6.07 Å². The molecule has 4 unspecified atom stereocenters. The zero-order chi connectivity index (χ0) is 11.0. The molecular weight excluding hydrogens is 198 g/mol. The molecule has 0 aromatic carbocycles. The topological polar surface area (TPSA) is 37.8 Å². The molecule has 2 saturated carbocycles. The van der Waals surface area contributed by atoms with Gasteiger partial charge in [-0.2, -0.15) is 0 Å². The molecule has 2 fully saturated rings. The Kier molecular flexibility index (Phi) is 2.54. The van der Waals surface area contributed by atoms with Gasteiger partial charge in [-0.25, -0.2) is 9.97 Å². The molecule has 1 aromatic heterocycles. The molecule has 3 heteroatoms.